The number of hydrogen-bond donors (Lipinski definition) is 0. The summed E-state index contributed by atoms with van der Waals surface area (Å²) in [6, 6.07) is 7.35. The molecule has 0 atom stereocenters. The molecule has 8 nitrogen and oxygen atoms in total. The van der Waals surface area contributed by atoms with Crippen LogP contribution in [0.3, 0.4) is 0 Å². The number of ether oxygens (including phenoxy) is 4. The Kier molecular flexibility index (Phi) is 6.29. The van der Waals surface area contributed by atoms with E-state index in [0.29, 0.717) is 41.5 Å². The van der Waals surface area contributed by atoms with E-state index in [4.69, 9.17) is 18.9 Å². The van der Waals surface area contributed by atoms with E-state index in [1.807, 2.05) is 50.7 Å². The number of rotatable bonds is 5. The summed E-state index contributed by atoms with van der Waals surface area (Å²) >= 11 is 0. The van der Waals surface area contributed by atoms with Gasteiger partial charge in [0.1, 0.15) is 0 Å². The second-order valence-corrected chi connectivity index (χ2v) is 7.76. The van der Waals surface area contributed by atoms with Crippen LogP contribution in [0.25, 0.3) is 32.6 Å². The van der Waals surface area contributed by atoms with Crippen LogP contribution < -0.4 is 24.5 Å². The van der Waals surface area contributed by atoms with Gasteiger partial charge in [0.15, 0.2) is 23.0 Å². The fourth-order valence-electron chi connectivity index (χ4n) is 4.09. The van der Waals surface area contributed by atoms with Gasteiger partial charge in [-0.3, -0.25) is 9.78 Å². The first-order valence-corrected chi connectivity index (χ1v) is 11.0. The van der Waals surface area contributed by atoms with Crippen molar-refractivity contribution in [2.24, 2.45) is 0 Å². The number of nitrogens with zero attached hydrogens (tertiary/aromatic N) is 3. The van der Waals surface area contributed by atoms with Crippen LogP contribution in [-0.2, 0) is 6.54 Å². The Labute approximate surface area is 192 Å². The molecule has 0 fully saturated rings. The maximum absolute atomic E-state index is 13.7. The molecule has 2 aromatic carbocycles. The number of aromatic nitrogens is 2. The van der Waals surface area contributed by atoms with Crippen LogP contribution in [-0.4, -0.2) is 56.1 Å². The monoisotopic (exact) mass is 451 g/mol. The van der Waals surface area contributed by atoms with Gasteiger partial charge >= 0.3 is 0 Å². The molecule has 0 amide bonds. The minimum absolute atomic E-state index is 0.0875. The Morgan fingerprint density at radius 1 is 0.939 bits per heavy atom. The molecule has 0 unspecified atom stereocenters. The smallest absolute Gasteiger partial charge is 0.259 e. The molecule has 0 radical (unpaired) electrons. The zero-order valence-electron chi connectivity index (χ0n) is 19.9. The summed E-state index contributed by atoms with van der Waals surface area (Å²) in [5.74, 6) is 2.39. The second-order valence-electron chi connectivity index (χ2n) is 7.76. The summed E-state index contributed by atoms with van der Waals surface area (Å²) in [7, 11) is 7.12. The first kappa shape index (κ1) is 22.7. The quantitative estimate of drug-likeness (QED) is 0.424. The molecule has 3 heterocycles. The van der Waals surface area contributed by atoms with Crippen LogP contribution in [0.1, 0.15) is 13.8 Å². The van der Waals surface area contributed by atoms with E-state index in [9.17, 15) is 4.79 Å². The standard InChI is InChI=1S/C23H23N3O5.C2H6/c1-25(2)5-6-26-22-15-9-20-21(31-12-30-20)10-17(15)24-11-16(22)13-7-18(28-3)19(29-4)8-14(13)23(26)27;1-2/h7-11H,5-6,12H2,1-4H3;1-2H3. The van der Waals surface area contributed by atoms with Gasteiger partial charge in [0, 0.05) is 41.5 Å². The lowest BCUT2D eigenvalue weighted by molar-refractivity contribution is 0.174. The molecular formula is C25H29N3O5. The molecule has 33 heavy (non-hydrogen) atoms. The van der Waals surface area contributed by atoms with Crippen molar-refractivity contribution in [2.75, 3.05) is 41.7 Å². The summed E-state index contributed by atoms with van der Waals surface area (Å²) in [6.07, 6.45) is 1.81. The number of likely N-dealkylation sites (N-methyl/N-ethyl adjacent to an activating group) is 1. The molecule has 0 saturated carbocycles. The van der Waals surface area contributed by atoms with Gasteiger partial charge in [-0.1, -0.05) is 13.8 Å². The van der Waals surface area contributed by atoms with Gasteiger partial charge in [0.25, 0.3) is 5.56 Å². The summed E-state index contributed by atoms with van der Waals surface area (Å²) in [5.41, 5.74) is 1.47. The summed E-state index contributed by atoms with van der Waals surface area (Å²) in [5, 5.41) is 3.03. The first-order chi connectivity index (χ1) is 16.0. The Hall–Kier alpha value is -3.52. The molecule has 0 bridgehead atoms. The van der Waals surface area contributed by atoms with Crippen LogP contribution >= 0.6 is 0 Å². The van der Waals surface area contributed by atoms with Crippen molar-refractivity contribution in [3.05, 3.63) is 40.8 Å². The highest BCUT2D eigenvalue weighted by molar-refractivity contribution is 6.15. The van der Waals surface area contributed by atoms with Gasteiger partial charge < -0.3 is 28.4 Å². The molecule has 0 saturated heterocycles. The molecule has 5 rings (SSSR count). The summed E-state index contributed by atoms with van der Waals surface area (Å²) in [6.45, 7) is 5.42. The lowest BCUT2D eigenvalue weighted by atomic mass is 10.0. The maximum atomic E-state index is 13.7. The highest BCUT2D eigenvalue weighted by Crippen LogP contribution is 2.40. The van der Waals surface area contributed by atoms with Crippen molar-refractivity contribution in [3.63, 3.8) is 0 Å². The van der Waals surface area contributed by atoms with E-state index in [-0.39, 0.29) is 12.4 Å². The zero-order valence-corrected chi connectivity index (χ0v) is 19.9. The SMILES string of the molecule is CC.COc1cc2c(=O)n(CCN(C)C)c3c4cc5c(cc4ncc3c2cc1OC)OCO5. The van der Waals surface area contributed by atoms with Crippen molar-refractivity contribution in [2.45, 2.75) is 20.4 Å². The Balaban J connectivity index is 0.00000126. The van der Waals surface area contributed by atoms with Crippen molar-refractivity contribution in [1.82, 2.24) is 14.5 Å². The fraction of sp³-hybridized carbons (Fsp3) is 0.360. The number of pyridine rings is 2. The minimum Gasteiger partial charge on any atom is -0.493 e. The first-order valence-electron chi connectivity index (χ1n) is 11.0. The highest BCUT2D eigenvalue weighted by Gasteiger charge is 2.21. The van der Waals surface area contributed by atoms with Gasteiger partial charge in [-0.2, -0.15) is 0 Å². The van der Waals surface area contributed by atoms with E-state index in [1.54, 1.807) is 26.5 Å². The number of methoxy groups -OCH3 is 2. The normalized spacial score (nSPS) is 12.3. The van der Waals surface area contributed by atoms with Crippen LogP contribution in [0.15, 0.2) is 35.3 Å². The van der Waals surface area contributed by atoms with Gasteiger partial charge in [-0.05, 0) is 32.3 Å². The molecule has 4 aromatic rings. The lowest BCUT2D eigenvalue weighted by Crippen LogP contribution is -2.27. The molecule has 2 aromatic heterocycles. The molecule has 0 aliphatic carbocycles. The summed E-state index contributed by atoms with van der Waals surface area (Å²) < 4.78 is 23.9. The van der Waals surface area contributed by atoms with Crippen molar-refractivity contribution >= 4 is 32.6 Å². The van der Waals surface area contributed by atoms with E-state index in [0.717, 1.165) is 27.2 Å². The third-order valence-corrected chi connectivity index (χ3v) is 5.66. The van der Waals surface area contributed by atoms with Crippen molar-refractivity contribution in [1.29, 1.82) is 0 Å². The van der Waals surface area contributed by atoms with Crippen LogP contribution in [0.2, 0.25) is 0 Å². The van der Waals surface area contributed by atoms with E-state index < -0.39 is 0 Å². The maximum Gasteiger partial charge on any atom is 0.259 e. The zero-order chi connectivity index (χ0) is 23.7. The molecule has 8 heteroatoms. The van der Waals surface area contributed by atoms with Gasteiger partial charge in [-0.25, -0.2) is 0 Å². The lowest BCUT2D eigenvalue weighted by Gasteiger charge is -2.18. The summed E-state index contributed by atoms with van der Waals surface area (Å²) in [4.78, 5) is 20.4. The third-order valence-electron chi connectivity index (χ3n) is 5.66. The van der Waals surface area contributed by atoms with Crippen molar-refractivity contribution < 1.29 is 18.9 Å². The average molecular weight is 452 g/mol. The van der Waals surface area contributed by atoms with Crippen LogP contribution in [0, 0.1) is 0 Å². The second kappa shape index (κ2) is 9.15. The third kappa shape index (κ3) is 3.80. The number of fused-ring (bicyclic) bond motifs is 6. The number of hydrogen-bond acceptors (Lipinski definition) is 7. The Bertz CT molecular complexity index is 1390. The van der Waals surface area contributed by atoms with E-state index in [2.05, 4.69) is 9.88 Å². The molecule has 1 aliphatic heterocycles. The molecule has 1 aliphatic rings. The number of benzene rings is 2. The van der Waals surface area contributed by atoms with Gasteiger partial charge in [-0.15, -0.1) is 0 Å². The van der Waals surface area contributed by atoms with Gasteiger partial charge in [0.05, 0.1) is 30.6 Å². The Morgan fingerprint density at radius 2 is 1.58 bits per heavy atom. The van der Waals surface area contributed by atoms with E-state index in [1.165, 1.54) is 0 Å². The topological polar surface area (TPSA) is 75.1 Å². The van der Waals surface area contributed by atoms with Crippen LogP contribution in [0.4, 0.5) is 0 Å². The predicted octanol–water partition coefficient (Wildman–Crippen LogP) is 4.04. The highest BCUT2D eigenvalue weighted by atomic mass is 16.7. The largest absolute Gasteiger partial charge is 0.493 e. The Morgan fingerprint density at radius 3 is 2.21 bits per heavy atom. The van der Waals surface area contributed by atoms with Gasteiger partial charge in [0.2, 0.25) is 6.79 Å². The predicted molar refractivity (Wildman–Crippen MR) is 130 cm³/mol. The molecule has 0 spiro atoms. The van der Waals surface area contributed by atoms with E-state index >= 15 is 0 Å². The van der Waals surface area contributed by atoms with Crippen molar-refractivity contribution in [3.8, 4) is 23.0 Å². The fourth-order valence-corrected chi connectivity index (χ4v) is 4.09. The minimum atomic E-state index is -0.0875. The molecule has 0 N–H and O–H groups in total. The molecular weight excluding hydrogens is 422 g/mol. The average Bonchev–Trinajstić information content (AvgIpc) is 3.30. The molecule has 174 valence electrons. The van der Waals surface area contributed by atoms with Crippen LogP contribution in [0.5, 0.6) is 23.0 Å².